The Hall–Kier alpha value is -1.14. The highest BCUT2D eigenvalue weighted by Crippen LogP contribution is 2.25. The lowest BCUT2D eigenvalue weighted by molar-refractivity contribution is 0.0761. The van der Waals surface area contributed by atoms with Crippen molar-refractivity contribution in [3.63, 3.8) is 0 Å². The summed E-state index contributed by atoms with van der Waals surface area (Å²) in [7, 11) is 0. The Morgan fingerprint density at radius 3 is 3.00 bits per heavy atom. The number of anilines is 1. The van der Waals surface area contributed by atoms with Crippen molar-refractivity contribution in [1.29, 1.82) is 0 Å². The summed E-state index contributed by atoms with van der Waals surface area (Å²) in [6.07, 6.45) is 0.0232. The smallest absolute Gasteiger partial charge is 0.122 e. The SMILES string of the molecule is CCO[C@@H](C)c1nc(CNc2cc(CO)ccc2Cl)cs1. The molecule has 0 aliphatic rings. The van der Waals surface area contributed by atoms with E-state index in [1.165, 1.54) is 0 Å². The van der Waals surface area contributed by atoms with Gasteiger partial charge in [-0.3, -0.25) is 0 Å². The Bertz CT molecular complexity index is 589. The largest absolute Gasteiger partial charge is 0.392 e. The predicted octanol–water partition coefficient (Wildman–Crippen LogP) is 4.00. The highest BCUT2D eigenvalue weighted by molar-refractivity contribution is 7.09. The van der Waals surface area contributed by atoms with Gasteiger partial charge in [0, 0.05) is 12.0 Å². The summed E-state index contributed by atoms with van der Waals surface area (Å²) in [6, 6.07) is 5.43. The summed E-state index contributed by atoms with van der Waals surface area (Å²) < 4.78 is 5.53. The molecule has 0 spiro atoms. The maximum Gasteiger partial charge on any atom is 0.122 e. The minimum absolute atomic E-state index is 0.00142. The second kappa shape index (κ2) is 7.75. The maximum absolute atomic E-state index is 9.16. The molecule has 21 heavy (non-hydrogen) atoms. The first kappa shape index (κ1) is 16.2. The van der Waals surface area contributed by atoms with Crippen LogP contribution in [-0.2, 0) is 17.9 Å². The van der Waals surface area contributed by atoms with Gasteiger partial charge in [-0.15, -0.1) is 11.3 Å². The number of benzene rings is 1. The van der Waals surface area contributed by atoms with E-state index in [1.54, 1.807) is 23.5 Å². The van der Waals surface area contributed by atoms with Crippen LogP contribution >= 0.6 is 22.9 Å². The fourth-order valence-electron chi connectivity index (χ4n) is 1.90. The average molecular weight is 327 g/mol. The van der Waals surface area contributed by atoms with E-state index in [-0.39, 0.29) is 12.7 Å². The number of aromatic nitrogens is 1. The zero-order chi connectivity index (χ0) is 15.2. The van der Waals surface area contributed by atoms with Crippen molar-refractivity contribution in [3.8, 4) is 0 Å². The number of hydrogen-bond acceptors (Lipinski definition) is 5. The van der Waals surface area contributed by atoms with Crippen LogP contribution in [0.5, 0.6) is 0 Å². The zero-order valence-electron chi connectivity index (χ0n) is 12.1. The van der Waals surface area contributed by atoms with Crippen molar-refractivity contribution in [1.82, 2.24) is 4.98 Å². The minimum Gasteiger partial charge on any atom is -0.392 e. The summed E-state index contributed by atoms with van der Waals surface area (Å²) >= 11 is 7.73. The van der Waals surface area contributed by atoms with Crippen LogP contribution in [0.25, 0.3) is 0 Å². The van der Waals surface area contributed by atoms with E-state index >= 15 is 0 Å². The van der Waals surface area contributed by atoms with E-state index in [9.17, 15) is 0 Å². The third-order valence-corrected chi connectivity index (χ3v) is 4.39. The van der Waals surface area contributed by atoms with Gasteiger partial charge in [-0.25, -0.2) is 4.98 Å². The third kappa shape index (κ3) is 4.41. The van der Waals surface area contributed by atoms with E-state index in [1.807, 2.05) is 25.3 Å². The van der Waals surface area contributed by atoms with E-state index in [2.05, 4.69) is 10.3 Å². The normalized spacial score (nSPS) is 12.4. The molecule has 2 aromatic rings. The lowest BCUT2D eigenvalue weighted by Gasteiger charge is -2.09. The van der Waals surface area contributed by atoms with Gasteiger partial charge < -0.3 is 15.2 Å². The number of aliphatic hydroxyl groups excluding tert-OH is 1. The predicted molar refractivity (Wildman–Crippen MR) is 86.9 cm³/mol. The summed E-state index contributed by atoms with van der Waals surface area (Å²) in [5, 5.41) is 16.0. The highest BCUT2D eigenvalue weighted by atomic mass is 35.5. The molecule has 0 aliphatic heterocycles. The summed E-state index contributed by atoms with van der Waals surface area (Å²) in [5.41, 5.74) is 2.58. The van der Waals surface area contributed by atoms with Crippen LogP contribution in [0, 0.1) is 0 Å². The molecule has 0 radical (unpaired) electrons. The second-order valence-electron chi connectivity index (χ2n) is 4.60. The van der Waals surface area contributed by atoms with Crippen molar-refractivity contribution in [2.75, 3.05) is 11.9 Å². The Kier molecular flexibility index (Phi) is 5.99. The lowest BCUT2D eigenvalue weighted by atomic mass is 10.2. The molecule has 2 rings (SSSR count). The van der Waals surface area contributed by atoms with Gasteiger partial charge in [0.1, 0.15) is 11.1 Å². The van der Waals surface area contributed by atoms with Gasteiger partial charge in [-0.1, -0.05) is 17.7 Å². The van der Waals surface area contributed by atoms with Crippen LogP contribution in [0.15, 0.2) is 23.6 Å². The molecule has 6 heteroatoms. The highest BCUT2D eigenvalue weighted by Gasteiger charge is 2.10. The number of aliphatic hydroxyl groups is 1. The first-order valence-corrected chi connectivity index (χ1v) is 8.08. The molecular formula is C15H19ClN2O2S. The fraction of sp³-hybridized carbons (Fsp3) is 0.400. The number of rotatable bonds is 7. The van der Waals surface area contributed by atoms with Crippen LogP contribution < -0.4 is 5.32 Å². The Balaban J connectivity index is 2.00. The molecule has 114 valence electrons. The molecule has 0 saturated carbocycles. The van der Waals surface area contributed by atoms with Crippen LogP contribution in [0.2, 0.25) is 5.02 Å². The van der Waals surface area contributed by atoms with Crippen molar-refractivity contribution in [2.24, 2.45) is 0 Å². The lowest BCUT2D eigenvalue weighted by Crippen LogP contribution is -2.03. The number of thiazole rings is 1. The average Bonchev–Trinajstić information content (AvgIpc) is 2.96. The summed E-state index contributed by atoms with van der Waals surface area (Å²) in [5.74, 6) is 0. The molecule has 1 heterocycles. The van der Waals surface area contributed by atoms with Gasteiger partial charge in [0.05, 0.1) is 29.6 Å². The number of halogens is 1. The van der Waals surface area contributed by atoms with Gasteiger partial charge in [0.2, 0.25) is 0 Å². The van der Waals surface area contributed by atoms with Gasteiger partial charge in [0.25, 0.3) is 0 Å². The van der Waals surface area contributed by atoms with E-state index in [0.29, 0.717) is 18.2 Å². The molecule has 0 aliphatic carbocycles. The summed E-state index contributed by atoms with van der Waals surface area (Å²) in [4.78, 5) is 4.55. The number of nitrogens with zero attached hydrogens (tertiary/aromatic N) is 1. The van der Waals surface area contributed by atoms with Gasteiger partial charge in [-0.2, -0.15) is 0 Å². The molecule has 1 aromatic heterocycles. The number of hydrogen-bond donors (Lipinski definition) is 2. The third-order valence-electron chi connectivity index (χ3n) is 3.01. The van der Waals surface area contributed by atoms with Crippen LogP contribution in [0.3, 0.4) is 0 Å². The summed E-state index contributed by atoms with van der Waals surface area (Å²) in [6.45, 7) is 5.24. The molecule has 0 amide bonds. The maximum atomic E-state index is 9.16. The first-order chi connectivity index (χ1) is 10.1. The standard InChI is InChI=1S/C15H19ClN2O2S/c1-3-20-10(2)15-18-12(9-21-15)7-17-14-6-11(8-19)4-5-13(14)16/h4-6,9-10,17,19H,3,7-8H2,1-2H3/t10-/m0/s1. The molecule has 1 aromatic carbocycles. The monoisotopic (exact) mass is 326 g/mol. The van der Waals surface area contributed by atoms with Crippen LogP contribution in [0.4, 0.5) is 5.69 Å². The molecule has 0 bridgehead atoms. The molecule has 2 N–H and O–H groups in total. The van der Waals surface area contributed by atoms with Gasteiger partial charge in [0.15, 0.2) is 0 Å². The topological polar surface area (TPSA) is 54.4 Å². The molecule has 1 atom stereocenters. The van der Waals surface area contributed by atoms with Crippen LogP contribution in [0.1, 0.15) is 36.2 Å². The Morgan fingerprint density at radius 2 is 2.29 bits per heavy atom. The first-order valence-electron chi connectivity index (χ1n) is 6.83. The zero-order valence-corrected chi connectivity index (χ0v) is 13.7. The molecular weight excluding hydrogens is 308 g/mol. The van der Waals surface area contributed by atoms with E-state index in [4.69, 9.17) is 21.4 Å². The Labute approximate surface area is 133 Å². The van der Waals surface area contributed by atoms with Crippen molar-refractivity contribution < 1.29 is 9.84 Å². The Morgan fingerprint density at radius 1 is 1.48 bits per heavy atom. The van der Waals surface area contributed by atoms with Crippen molar-refractivity contribution >= 4 is 28.6 Å². The van der Waals surface area contributed by atoms with Crippen molar-refractivity contribution in [2.45, 2.75) is 33.1 Å². The number of nitrogens with one attached hydrogen (secondary N) is 1. The van der Waals surface area contributed by atoms with E-state index in [0.717, 1.165) is 22.0 Å². The van der Waals surface area contributed by atoms with Gasteiger partial charge in [-0.05, 0) is 31.5 Å². The molecule has 4 nitrogen and oxygen atoms in total. The minimum atomic E-state index is -0.00142. The fourth-order valence-corrected chi connectivity index (χ4v) is 2.91. The van der Waals surface area contributed by atoms with Gasteiger partial charge >= 0.3 is 0 Å². The molecule has 0 unspecified atom stereocenters. The second-order valence-corrected chi connectivity index (χ2v) is 5.90. The molecule has 0 saturated heterocycles. The van der Waals surface area contributed by atoms with Crippen LogP contribution in [-0.4, -0.2) is 16.7 Å². The van der Waals surface area contributed by atoms with Crippen molar-refractivity contribution in [3.05, 3.63) is 44.9 Å². The molecule has 0 fully saturated rings. The van der Waals surface area contributed by atoms with E-state index < -0.39 is 0 Å². The number of ether oxygens (including phenoxy) is 1. The quantitative estimate of drug-likeness (QED) is 0.807.